The van der Waals surface area contributed by atoms with Gasteiger partial charge in [0.1, 0.15) is 0 Å². The van der Waals surface area contributed by atoms with Gasteiger partial charge in [0.2, 0.25) is 5.91 Å². The molecule has 4 nitrogen and oxygen atoms in total. The third-order valence-corrected chi connectivity index (χ3v) is 6.17. The summed E-state index contributed by atoms with van der Waals surface area (Å²) < 4.78 is 0. The summed E-state index contributed by atoms with van der Waals surface area (Å²) in [5.41, 5.74) is 2.08. The molecule has 0 aromatic heterocycles. The number of nitrogens with one attached hydrogen (secondary N) is 1. The van der Waals surface area contributed by atoms with Gasteiger partial charge in [-0.1, -0.05) is 80.9 Å². The summed E-state index contributed by atoms with van der Waals surface area (Å²) in [6, 6.07) is 20.4. The fourth-order valence-electron chi connectivity index (χ4n) is 4.47. The molecule has 0 radical (unpaired) electrons. The van der Waals surface area contributed by atoms with Gasteiger partial charge in [-0.05, 0) is 50.1 Å². The number of amides is 1. The Morgan fingerprint density at radius 1 is 0.900 bits per heavy atom. The third kappa shape index (κ3) is 6.41. The summed E-state index contributed by atoms with van der Waals surface area (Å²) in [5.74, 6) is -0.186. The summed E-state index contributed by atoms with van der Waals surface area (Å²) >= 11 is 0. The van der Waals surface area contributed by atoms with Crippen molar-refractivity contribution in [3.05, 3.63) is 71.8 Å². The lowest BCUT2D eigenvalue weighted by Gasteiger charge is -2.34. The lowest BCUT2D eigenvalue weighted by molar-refractivity contribution is -0.122. The Morgan fingerprint density at radius 2 is 1.43 bits per heavy atom. The molecule has 3 rings (SSSR count). The molecular formula is C26H37N3O. The molecule has 2 aromatic carbocycles. The SMILES string of the molecule is CCN(CC)CC(CN1CCCCC1)NC(=O)C(c1ccccc1)c1ccccc1. The van der Waals surface area contributed by atoms with Gasteiger partial charge in [-0.2, -0.15) is 0 Å². The van der Waals surface area contributed by atoms with Crippen molar-refractivity contribution in [2.45, 2.75) is 45.1 Å². The Hall–Kier alpha value is -2.17. The van der Waals surface area contributed by atoms with Crippen molar-refractivity contribution in [2.24, 2.45) is 0 Å². The average molecular weight is 408 g/mol. The molecule has 0 spiro atoms. The van der Waals surface area contributed by atoms with Gasteiger partial charge in [-0.3, -0.25) is 4.79 Å². The van der Waals surface area contributed by atoms with Crippen molar-refractivity contribution in [2.75, 3.05) is 39.3 Å². The molecule has 4 heteroatoms. The van der Waals surface area contributed by atoms with E-state index in [2.05, 4.69) is 53.2 Å². The van der Waals surface area contributed by atoms with Gasteiger partial charge in [0.15, 0.2) is 0 Å². The van der Waals surface area contributed by atoms with Crippen LogP contribution in [0.15, 0.2) is 60.7 Å². The van der Waals surface area contributed by atoms with E-state index in [-0.39, 0.29) is 17.9 Å². The van der Waals surface area contributed by atoms with Crippen LogP contribution < -0.4 is 5.32 Å². The van der Waals surface area contributed by atoms with Gasteiger partial charge in [-0.25, -0.2) is 0 Å². The Labute approximate surface area is 182 Å². The van der Waals surface area contributed by atoms with Gasteiger partial charge in [0.05, 0.1) is 12.0 Å². The highest BCUT2D eigenvalue weighted by Gasteiger charge is 2.26. The zero-order chi connectivity index (χ0) is 21.2. The molecule has 0 aliphatic carbocycles. The first-order chi connectivity index (χ1) is 14.7. The Balaban J connectivity index is 1.79. The number of benzene rings is 2. The lowest BCUT2D eigenvalue weighted by atomic mass is 9.90. The van der Waals surface area contributed by atoms with Crippen LogP contribution in [-0.2, 0) is 4.79 Å². The standard InChI is InChI=1S/C26H37N3O/c1-3-28(4-2)20-24(21-29-18-12-7-13-19-29)27-26(30)25(22-14-8-5-9-15-22)23-16-10-6-11-17-23/h5-6,8-11,14-17,24-25H,3-4,7,12-13,18-21H2,1-2H3,(H,27,30). The lowest BCUT2D eigenvalue weighted by Crippen LogP contribution is -2.52. The van der Waals surface area contributed by atoms with E-state index in [0.717, 1.165) is 50.4 Å². The van der Waals surface area contributed by atoms with Crippen LogP contribution in [0.1, 0.15) is 50.2 Å². The van der Waals surface area contributed by atoms with Crippen LogP contribution in [0.4, 0.5) is 0 Å². The second-order valence-corrected chi connectivity index (χ2v) is 8.31. The van der Waals surface area contributed by atoms with Crippen LogP contribution in [0.25, 0.3) is 0 Å². The van der Waals surface area contributed by atoms with Crippen molar-refractivity contribution in [1.29, 1.82) is 0 Å². The molecule has 2 aromatic rings. The number of carbonyl (C=O) groups is 1. The molecular weight excluding hydrogens is 370 g/mol. The number of hydrogen-bond donors (Lipinski definition) is 1. The number of nitrogens with zero attached hydrogens (tertiary/aromatic N) is 2. The van der Waals surface area contributed by atoms with E-state index in [0.29, 0.717) is 0 Å². The number of likely N-dealkylation sites (N-methyl/N-ethyl adjacent to an activating group) is 1. The highest BCUT2D eigenvalue weighted by molar-refractivity contribution is 5.87. The smallest absolute Gasteiger partial charge is 0.232 e. The summed E-state index contributed by atoms with van der Waals surface area (Å²) in [6.07, 6.45) is 3.86. The van der Waals surface area contributed by atoms with Crippen molar-refractivity contribution >= 4 is 5.91 Å². The first-order valence-electron chi connectivity index (χ1n) is 11.6. The van der Waals surface area contributed by atoms with Crippen LogP contribution >= 0.6 is 0 Å². The van der Waals surface area contributed by atoms with Crippen molar-refractivity contribution in [3.63, 3.8) is 0 Å². The molecule has 1 atom stereocenters. The van der Waals surface area contributed by atoms with Crippen molar-refractivity contribution in [3.8, 4) is 0 Å². The molecule has 162 valence electrons. The number of likely N-dealkylation sites (tertiary alicyclic amines) is 1. The monoisotopic (exact) mass is 407 g/mol. The first kappa shape index (κ1) is 22.5. The first-order valence-corrected chi connectivity index (χ1v) is 11.6. The van der Waals surface area contributed by atoms with E-state index in [4.69, 9.17) is 0 Å². The van der Waals surface area contributed by atoms with E-state index in [1.807, 2.05) is 36.4 Å². The quantitative estimate of drug-likeness (QED) is 0.643. The molecule has 1 fully saturated rings. The minimum Gasteiger partial charge on any atom is -0.350 e. The number of rotatable bonds is 10. The maximum Gasteiger partial charge on any atom is 0.232 e. The maximum absolute atomic E-state index is 13.6. The summed E-state index contributed by atoms with van der Waals surface area (Å²) in [5, 5.41) is 3.44. The summed E-state index contributed by atoms with van der Waals surface area (Å²) in [6.45, 7) is 10.5. The second kappa shape index (κ2) is 11.9. The maximum atomic E-state index is 13.6. The molecule has 1 aliphatic rings. The molecule has 1 aliphatic heterocycles. The molecule has 0 saturated carbocycles. The average Bonchev–Trinajstić information content (AvgIpc) is 2.79. The Morgan fingerprint density at radius 3 is 1.93 bits per heavy atom. The van der Waals surface area contributed by atoms with Crippen LogP contribution in [0.2, 0.25) is 0 Å². The number of hydrogen-bond acceptors (Lipinski definition) is 3. The van der Waals surface area contributed by atoms with E-state index in [9.17, 15) is 4.79 Å². The number of piperidine rings is 1. The van der Waals surface area contributed by atoms with Crippen molar-refractivity contribution in [1.82, 2.24) is 15.1 Å². The van der Waals surface area contributed by atoms with Crippen molar-refractivity contribution < 1.29 is 4.79 Å². The predicted octanol–water partition coefficient (Wildman–Crippen LogP) is 4.13. The molecule has 1 amide bonds. The molecule has 1 heterocycles. The zero-order valence-corrected chi connectivity index (χ0v) is 18.6. The predicted molar refractivity (Wildman–Crippen MR) is 125 cm³/mol. The highest BCUT2D eigenvalue weighted by Crippen LogP contribution is 2.25. The Bertz CT molecular complexity index is 700. The fraction of sp³-hybridized carbons (Fsp3) is 0.500. The van der Waals surface area contributed by atoms with E-state index in [1.165, 1.54) is 19.3 Å². The van der Waals surface area contributed by atoms with Gasteiger partial charge in [-0.15, -0.1) is 0 Å². The topological polar surface area (TPSA) is 35.6 Å². The molecule has 1 saturated heterocycles. The second-order valence-electron chi connectivity index (χ2n) is 8.31. The largest absolute Gasteiger partial charge is 0.350 e. The van der Waals surface area contributed by atoms with Gasteiger partial charge < -0.3 is 15.1 Å². The van der Waals surface area contributed by atoms with E-state index < -0.39 is 0 Å². The van der Waals surface area contributed by atoms with E-state index >= 15 is 0 Å². The minimum absolute atomic E-state index is 0.0987. The third-order valence-electron chi connectivity index (χ3n) is 6.17. The van der Waals surface area contributed by atoms with E-state index in [1.54, 1.807) is 0 Å². The molecule has 30 heavy (non-hydrogen) atoms. The zero-order valence-electron chi connectivity index (χ0n) is 18.6. The molecule has 1 unspecified atom stereocenters. The van der Waals surface area contributed by atoms with Crippen LogP contribution in [0, 0.1) is 0 Å². The highest BCUT2D eigenvalue weighted by atomic mass is 16.2. The summed E-state index contributed by atoms with van der Waals surface area (Å²) in [7, 11) is 0. The van der Waals surface area contributed by atoms with Gasteiger partial charge >= 0.3 is 0 Å². The minimum atomic E-state index is -0.284. The van der Waals surface area contributed by atoms with Crippen LogP contribution in [0.3, 0.4) is 0 Å². The molecule has 0 bridgehead atoms. The number of carbonyl (C=O) groups excluding carboxylic acids is 1. The fourth-order valence-corrected chi connectivity index (χ4v) is 4.47. The van der Waals surface area contributed by atoms with Crippen LogP contribution in [-0.4, -0.2) is 61.0 Å². The van der Waals surface area contributed by atoms with Gasteiger partial charge in [0, 0.05) is 13.1 Å². The molecule has 1 N–H and O–H groups in total. The summed E-state index contributed by atoms with van der Waals surface area (Å²) in [4.78, 5) is 18.5. The van der Waals surface area contributed by atoms with Crippen LogP contribution in [0.5, 0.6) is 0 Å². The Kier molecular flexibility index (Phi) is 8.91. The van der Waals surface area contributed by atoms with Gasteiger partial charge in [0.25, 0.3) is 0 Å². The normalized spacial score (nSPS) is 16.0.